The minimum Gasteiger partial charge on any atom is -0.494 e. The molecule has 0 fully saturated rings. The van der Waals surface area contributed by atoms with E-state index in [1.807, 2.05) is 37.5 Å². The van der Waals surface area contributed by atoms with Gasteiger partial charge in [0.25, 0.3) is 0 Å². The summed E-state index contributed by atoms with van der Waals surface area (Å²) in [6, 6.07) is 7.69. The maximum atomic E-state index is 6.48. The normalized spacial score (nSPS) is 12.5. The van der Waals surface area contributed by atoms with Crippen LogP contribution in [0.5, 0.6) is 5.75 Å². The highest BCUT2D eigenvalue weighted by atomic mass is 35.5. The topological polar surface area (TPSA) is 97.4 Å². The maximum Gasteiger partial charge on any atom is 0.227 e. The van der Waals surface area contributed by atoms with Gasteiger partial charge in [-0.3, -0.25) is 4.98 Å². The van der Waals surface area contributed by atoms with E-state index in [2.05, 4.69) is 62.9 Å². The Bertz CT molecular complexity index is 1560. The molecule has 3 aromatic heterocycles. The van der Waals surface area contributed by atoms with Crippen molar-refractivity contribution >= 4 is 40.7 Å². The van der Waals surface area contributed by atoms with Crippen LogP contribution in [0.25, 0.3) is 28.6 Å². The van der Waals surface area contributed by atoms with Crippen LogP contribution in [-0.4, -0.2) is 65.8 Å². The molecule has 208 valence electrons. The number of benzene rings is 1. The molecule has 1 aliphatic rings. The molecule has 0 spiro atoms. The predicted molar refractivity (Wildman–Crippen MR) is 165 cm³/mol. The highest BCUT2D eigenvalue weighted by molar-refractivity contribution is 6.30. The number of nitrogen functional groups attached to an aromatic ring is 1. The molecule has 10 heteroatoms. The molecular weight excluding hydrogens is 524 g/mol. The quantitative estimate of drug-likeness (QED) is 0.260. The number of hydrogen-bond acceptors (Lipinski definition) is 8. The van der Waals surface area contributed by atoms with Crippen molar-refractivity contribution in [1.29, 1.82) is 0 Å². The molecule has 1 aromatic carbocycles. The fraction of sp³-hybridized carbons (Fsp3) is 0.300. The number of aromatic nitrogens is 4. The summed E-state index contributed by atoms with van der Waals surface area (Å²) in [7, 11) is 9.84. The van der Waals surface area contributed by atoms with Crippen molar-refractivity contribution < 1.29 is 4.74 Å². The van der Waals surface area contributed by atoms with Crippen molar-refractivity contribution in [2.75, 3.05) is 57.3 Å². The van der Waals surface area contributed by atoms with Gasteiger partial charge in [-0.2, -0.15) is 0 Å². The van der Waals surface area contributed by atoms with E-state index in [1.165, 1.54) is 5.56 Å². The average Bonchev–Trinajstić information content (AvgIpc) is 3.24. The van der Waals surface area contributed by atoms with Crippen LogP contribution >= 0.6 is 11.6 Å². The number of allylic oxidation sites excluding steroid dienone is 1. The van der Waals surface area contributed by atoms with E-state index in [-0.39, 0.29) is 0 Å². The second-order valence-corrected chi connectivity index (χ2v) is 10.6. The second-order valence-electron chi connectivity index (χ2n) is 10.2. The number of anilines is 4. The number of fused-ring (bicyclic) bond motifs is 1. The summed E-state index contributed by atoms with van der Waals surface area (Å²) in [5.41, 5.74) is 14.9. The summed E-state index contributed by atoms with van der Waals surface area (Å²) in [5, 5.41) is 3.92. The summed E-state index contributed by atoms with van der Waals surface area (Å²) in [6.45, 7) is 1.74. The summed E-state index contributed by atoms with van der Waals surface area (Å²) >= 11 is 6.34. The van der Waals surface area contributed by atoms with Crippen LogP contribution in [0.4, 0.5) is 23.0 Å². The van der Waals surface area contributed by atoms with Gasteiger partial charge in [0.15, 0.2) is 0 Å². The Hall–Kier alpha value is -4.08. The van der Waals surface area contributed by atoms with E-state index in [0.717, 1.165) is 59.8 Å². The molecule has 0 bridgehead atoms. The monoisotopic (exact) mass is 558 g/mol. The third-order valence-corrected chi connectivity index (χ3v) is 7.37. The zero-order valence-electron chi connectivity index (χ0n) is 23.6. The Morgan fingerprint density at radius 2 is 1.98 bits per heavy atom. The Kier molecular flexibility index (Phi) is 7.95. The van der Waals surface area contributed by atoms with E-state index in [0.29, 0.717) is 28.1 Å². The fourth-order valence-electron chi connectivity index (χ4n) is 5.14. The largest absolute Gasteiger partial charge is 0.494 e. The zero-order chi connectivity index (χ0) is 28.4. The zero-order valence-corrected chi connectivity index (χ0v) is 24.3. The van der Waals surface area contributed by atoms with E-state index in [4.69, 9.17) is 27.1 Å². The molecule has 3 heterocycles. The lowest BCUT2D eigenvalue weighted by atomic mass is 9.96. The minimum atomic E-state index is 0.447. The molecule has 0 unspecified atom stereocenters. The SMILES string of the molecule is COc1cc(N(C)CCN(C)C)c(N)cc1Nc1nccc(-c2c3c(n(C)c2-c2cncc(Cl)c2)C=CCC3)n1. The van der Waals surface area contributed by atoms with Crippen LogP contribution in [0.15, 0.2) is 48.9 Å². The number of halogens is 1. The van der Waals surface area contributed by atoms with Gasteiger partial charge in [-0.15, -0.1) is 0 Å². The molecular formula is C30H35ClN8O. The first kappa shape index (κ1) is 27.5. The van der Waals surface area contributed by atoms with Gasteiger partial charge in [0.2, 0.25) is 5.95 Å². The van der Waals surface area contributed by atoms with E-state index in [1.54, 1.807) is 19.5 Å². The van der Waals surface area contributed by atoms with Gasteiger partial charge in [0.1, 0.15) is 5.75 Å². The lowest BCUT2D eigenvalue weighted by Crippen LogP contribution is -2.29. The van der Waals surface area contributed by atoms with Gasteiger partial charge in [-0.05, 0) is 56.8 Å². The van der Waals surface area contributed by atoms with E-state index >= 15 is 0 Å². The van der Waals surface area contributed by atoms with Crippen molar-refractivity contribution in [2.24, 2.45) is 7.05 Å². The summed E-state index contributed by atoms with van der Waals surface area (Å²) < 4.78 is 7.92. The van der Waals surface area contributed by atoms with Gasteiger partial charge >= 0.3 is 0 Å². The van der Waals surface area contributed by atoms with Crippen LogP contribution in [0.3, 0.4) is 0 Å². The Balaban J connectivity index is 1.53. The van der Waals surface area contributed by atoms with Gasteiger partial charge in [-0.25, -0.2) is 9.97 Å². The van der Waals surface area contributed by atoms with Crippen molar-refractivity contribution in [3.63, 3.8) is 0 Å². The number of nitrogens with zero attached hydrogens (tertiary/aromatic N) is 6. The van der Waals surface area contributed by atoms with Crippen molar-refractivity contribution in [3.05, 3.63) is 65.2 Å². The lowest BCUT2D eigenvalue weighted by Gasteiger charge is -2.24. The third-order valence-electron chi connectivity index (χ3n) is 7.16. The third kappa shape index (κ3) is 5.48. The molecule has 0 saturated carbocycles. The molecule has 0 atom stereocenters. The van der Waals surface area contributed by atoms with Crippen LogP contribution in [-0.2, 0) is 13.5 Å². The smallest absolute Gasteiger partial charge is 0.227 e. The maximum absolute atomic E-state index is 6.48. The van der Waals surface area contributed by atoms with Crippen LogP contribution in [0.1, 0.15) is 17.7 Å². The van der Waals surface area contributed by atoms with Crippen molar-refractivity contribution in [1.82, 2.24) is 24.4 Å². The number of pyridine rings is 1. The van der Waals surface area contributed by atoms with Crippen LogP contribution in [0.2, 0.25) is 5.02 Å². The van der Waals surface area contributed by atoms with E-state index < -0.39 is 0 Å². The summed E-state index contributed by atoms with van der Waals surface area (Å²) in [5.74, 6) is 1.10. The summed E-state index contributed by atoms with van der Waals surface area (Å²) in [6.07, 6.45) is 11.5. The Labute approximate surface area is 240 Å². The molecule has 0 amide bonds. The number of methoxy groups -OCH3 is 1. The number of rotatable bonds is 9. The highest BCUT2D eigenvalue weighted by Crippen LogP contribution is 2.42. The van der Waals surface area contributed by atoms with Crippen molar-refractivity contribution in [2.45, 2.75) is 12.8 Å². The van der Waals surface area contributed by atoms with Gasteiger partial charge in [-0.1, -0.05) is 17.7 Å². The molecule has 9 nitrogen and oxygen atoms in total. The molecule has 0 radical (unpaired) electrons. The van der Waals surface area contributed by atoms with E-state index in [9.17, 15) is 0 Å². The first-order valence-corrected chi connectivity index (χ1v) is 13.6. The van der Waals surface area contributed by atoms with Crippen LogP contribution < -0.4 is 20.7 Å². The number of nitrogens with two attached hydrogens (primary N) is 1. The second kappa shape index (κ2) is 11.6. The molecule has 1 aliphatic carbocycles. The average molecular weight is 559 g/mol. The highest BCUT2D eigenvalue weighted by Gasteiger charge is 2.25. The van der Waals surface area contributed by atoms with Crippen LogP contribution in [0, 0.1) is 0 Å². The molecule has 5 rings (SSSR count). The fourth-order valence-corrected chi connectivity index (χ4v) is 5.31. The van der Waals surface area contributed by atoms with Gasteiger partial charge in [0.05, 0.1) is 40.6 Å². The lowest BCUT2D eigenvalue weighted by molar-refractivity contribution is 0.413. The molecule has 40 heavy (non-hydrogen) atoms. The standard InChI is InChI=1S/C30H35ClN8O/c1-37(2)12-13-38(3)26-16-27(40-5)24(15-22(26)32)36-30-34-11-10-23(35-30)28-21-8-6-7-9-25(21)39(4)29(28)19-14-20(31)18-33-17-19/h7,9-11,14-18H,6,8,12-13,32H2,1-5H3,(H,34,35,36). The Morgan fingerprint density at radius 1 is 1.15 bits per heavy atom. The predicted octanol–water partition coefficient (Wildman–Crippen LogP) is 5.49. The molecule has 4 aromatic rings. The number of nitrogens with one attached hydrogen (secondary N) is 1. The van der Waals surface area contributed by atoms with Gasteiger partial charge < -0.3 is 30.2 Å². The Morgan fingerprint density at radius 3 is 2.73 bits per heavy atom. The number of hydrogen-bond donors (Lipinski definition) is 2. The first-order chi connectivity index (χ1) is 19.3. The van der Waals surface area contributed by atoms with Gasteiger partial charge in [0, 0.05) is 68.7 Å². The van der Waals surface area contributed by atoms with Crippen molar-refractivity contribution in [3.8, 4) is 28.3 Å². The minimum absolute atomic E-state index is 0.447. The molecule has 0 aliphatic heterocycles. The molecule has 3 N–H and O–H groups in total. The summed E-state index contributed by atoms with van der Waals surface area (Å²) in [4.78, 5) is 18.1. The number of ether oxygens (including phenoxy) is 1. The molecule has 0 saturated heterocycles. The number of likely N-dealkylation sites (N-methyl/N-ethyl adjacent to an activating group) is 2. The first-order valence-electron chi connectivity index (χ1n) is 13.2.